The SMILES string of the molecule is CCCCC(CC)CN(CC(CC)CCCC)CC(C)c1cccc2n[nH]nc12. The average molecular weight is 401 g/mol. The molecule has 164 valence electrons. The van der Waals surface area contributed by atoms with Crippen molar-refractivity contribution in [2.45, 2.75) is 91.9 Å². The summed E-state index contributed by atoms with van der Waals surface area (Å²) < 4.78 is 0. The van der Waals surface area contributed by atoms with Crippen molar-refractivity contribution < 1.29 is 0 Å². The van der Waals surface area contributed by atoms with Gasteiger partial charge in [-0.05, 0) is 42.2 Å². The van der Waals surface area contributed by atoms with Crippen LogP contribution in [-0.2, 0) is 0 Å². The van der Waals surface area contributed by atoms with Crippen LogP contribution in [-0.4, -0.2) is 39.9 Å². The molecule has 0 aliphatic heterocycles. The Hall–Kier alpha value is -1.42. The minimum absolute atomic E-state index is 0.455. The van der Waals surface area contributed by atoms with E-state index in [0.29, 0.717) is 5.92 Å². The third-order valence-corrected chi connectivity index (χ3v) is 6.56. The van der Waals surface area contributed by atoms with E-state index in [-0.39, 0.29) is 0 Å². The molecule has 0 spiro atoms. The third-order valence-electron chi connectivity index (χ3n) is 6.56. The Bertz CT molecular complexity index is 662. The van der Waals surface area contributed by atoms with Crippen LogP contribution in [0.5, 0.6) is 0 Å². The van der Waals surface area contributed by atoms with Gasteiger partial charge in [0.25, 0.3) is 0 Å². The van der Waals surface area contributed by atoms with E-state index in [0.717, 1.165) is 29.4 Å². The van der Waals surface area contributed by atoms with E-state index in [9.17, 15) is 0 Å². The van der Waals surface area contributed by atoms with Crippen molar-refractivity contribution in [3.8, 4) is 0 Å². The first-order valence-corrected chi connectivity index (χ1v) is 12.1. The fourth-order valence-corrected chi connectivity index (χ4v) is 4.56. The zero-order chi connectivity index (χ0) is 21.1. The maximum atomic E-state index is 4.43. The van der Waals surface area contributed by atoms with Crippen molar-refractivity contribution in [1.29, 1.82) is 0 Å². The van der Waals surface area contributed by atoms with Crippen LogP contribution in [0.3, 0.4) is 0 Å². The lowest BCUT2D eigenvalue weighted by atomic mass is 9.93. The van der Waals surface area contributed by atoms with E-state index >= 15 is 0 Å². The topological polar surface area (TPSA) is 44.8 Å². The van der Waals surface area contributed by atoms with Gasteiger partial charge in [0.05, 0.1) is 0 Å². The number of unbranched alkanes of at least 4 members (excludes halogenated alkanes) is 2. The van der Waals surface area contributed by atoms with E-state index in [1.54, 1.807) is 0 Å². The second kappa shape index (κ2) is 13.0. The second-order valence-corrected chi connectivity index (χ2v) is 8.99. The van der Waals surface area contributed by atoms with Gasteiger partial charge in [-0.3, -0.25) is 0 Å². The van der Waals surface area contributed by atoms with Crippen molar-refractivity contribution in [1.82, 2.24) is 20.3 Å². The Kier molecular flexibility index (Phi) is 10.7. The van der Waals surface area contributed by atoms with E-state index in [1.165, 1.54) is 70.0 Å². The van der Waals surface area contributed by atoms with Crippen LogP contribution in [0.4, 0.5) is 0 Å². The maximum Gasteiger partial charge on any atom is 0.116 e. The van der Waals surface area contributed by atoms with E-state index in [2.05, 4.69) is 67.1 Å². The highest BCUT2D eigenvalue weighted by atomic mass is 15.3. The van der Waals surface area contributed by atoms with Gasteiger partial charge in [0.15, 0.2) is 0 Å². The van der Waals surface area contributed by atoms with E-state index < -0.39 is 0 Å². The molecular formula is C25H44N4. The fourth-order valence-electron chi connectivity index (χ4n) is 4.56. The summed E-state index contributed by atoms with van der Waals surface area (Å²) in [5, 5.41) is 11.5. The van der Waals surface area contributed by atoms with Gasteiger partial charge in [-0.2, -0.15) is 15.4 Å². The van der Waals surface area contributed by atoms with Gasteiger partial charge in [0.2, 0.25) is 0 Å². The summed E-state index contributed by atoms with van der Waals surface area (Å²) in [6.07, 6.45) is 10.6. The summed E-state index contributed by atoms with van der Waals surface area (Å²) in [4.78, 5) is 2.78. The summed E-state index contributed by atoms with van der Waals surface area (Å²) in [6, 6.07) is 6.40. The van der Waals surface area contributed by atoms with Crippen molar-refractivity contribution in [3.05, 3.63) is 23.8 Å². The molecule has 0 amide bonds. The number of benzene rings is 1. The molecule has 1 heterocycles. The van der Waals surface area contributed by atoms with Gasteiger partial charge >= 0.3 is 0 Å². The lowest BCUT2D eigenvalue weighted by Crippen LogP contribution is -2.36. The largest absolute Gasteiger partial charge is 0.302 e. The van der Waals surface area contributed by atoms with Gasteiger partial charge in [0, 0.05) is 19.6 Å². The summed E-state index contributed by atoms with van der Waals surface area (Å²) >= 11 is 0. The molecule has 0 bridgehead atoms. The van der Waals surface area contributed by atoms with Gasteiger partial charge in [-0.1, -0.05) is 85.3 Å². The molecule has 0 aliphatic carbocycles. The number of fused-ring (bicyclic) bond motifs is 1. The number of hydrogen-bond donors (Lipinski definition) is 1. The Morgan fingerprint density at radius 1 is 0.862 bits per heavy atom. The molecule has 4 heteroatoms. The maximum absolute atomic E-state index is 4.43. The molecule has 3 atom stereocenters. The molecule has 4 nitrogen and oxygen atoms in total. The molecule has 2 aromatic rings. The highest BCUT2D eigenvalue weighted by Crippen LogP contribution is 2.26. The van der Waals surface area contributed by atoms with Crippen LogP contribution in [0.25, 0.3) is 11.0 Å². The lowest BCUT2D eigenvalue weighted by Gasteiger charge is -2.32. The number of H-pyrrole nitrogens is 1. The molecule has 0 fully saturated rings. The van der Waals surface area contributed by atoms with Gasteiger partial charge < -0.3 is 4.90 Å². The van der Waals surface area contributed by atoms with Gasteiger partial charge in [0.1, 0.15) is 11.0 Å². The Morgan fingerprint density at radius 2 is 1.48 bits per heavy atom. The highest BCUT2D eigenvalue weighted by molar-refractivity contribution is 5.77. The number of aromatic amines is 1. The standard InChI is InChI=1S/C25H44N4/c1-6-10-13-21(8-3)18-29(19-22(9-4)14-11-7-2)17-20(5)23-15-12-16-24-25(23)27-28-26-24/h12,15-16,20-22H,6-11,13-14,17-19H2,1-5H3,(H,26,27,28). The Labute approximate surface area is 178 Å². The summed E-state index contributed by atoms with van der Waals surface area (Å²) in [6.45, 7) is 15.3. The van der Waals surface area contributed by atoms with E-state index in [4.69, 9.17) is 0 Å². The number of aromatic nitrogens is 3. The average Bonchev–Trinajstić information content (AvgIpc) is 3.22. The van der Waals surface area contributed by atoms with Crippen molar-refractivity contribution in [2.75, 3.05) is 19.6 Å². The minimum Gasteiger partial charge on any atom is -0.302 e. The quantitative estimate of drug-likeness (QED) is 0.358. The zero-order valence-electron chi connectivity index (χ0n) is 19.6. The smallest absolute Gasteiger partial charge is 0.116 e. The molecule has 3 unspecified atom stereocenters. The Morgan fingerprint density at radius 3 is 2.03 bits per heavy atom. The third kappa shape index (κ3) is 7.40. The number of rotatable bonds is 15. The first-order valence-electron chi connectivity index (χ1n) is 12.1. The van der Waals surface area contributed by atoms with Crippen LogP contribution in [0, 0.1) is 11.8 Å². The number of nitrogens with one attached hydrogen (secondary N) is 1. The predicted octanol–water partition coefficient (Wildman–Crippen LogP) is 6.80. The number of para-hydroxylation sites is 1. The summed E-state index contributed by atoms with van der Waals surface area (Å²) in [7, 11) is 0. The first-order chi connectivity index (χ1) is 14.1. The second-order valence-electron chi connectivity index (χ2n) is 8.99. The monoisotopic (exact) mass is 400 g/mol. The molecule has 0 saturated heterocycles. The molecule has 1 aromatic carbocycles. The van der Waals surface area contributed by atoms with Crippen LogP contribution in [0.2, 0.25) is 0 Å². The van der Waals surface area contributed by atoms with Crippen molar-refractivity contribution in [3.63, 3.8) is 0 Å². The Balaban J connectivity index is 2.12. The molecule has 0 saturated carbocycles. The molecule has 1 aromatic heterocycles. The van der Waals surface area contributed by atoms with Crippen molar-refractivity contribution in [2.24, 2.45) is 11.8 Å². The zero-order valence-corrected chi connectivity index (χ0v) is 19.6. The first kappa shape index (κ1) is 23.9. The normalized spacial score (nSPS) is 15.1. The molecular weight excluding hydrogens is 356 g/mol. The van der Waals surface area contributed by atoms with E-state index in [1.807, 2.05) is 6.07 Å². The van der Waals surface area contributed by atoms with Crippen molar-refractivity contribution >= 4 is 11.0 Å². The van der Waals surface area contributed by atoms with Crippen LogP contribution in [0.1, 0.15) is 97.5 Å². The van der Waals surface area contributed by atoms with Gasteiger partial charge in [-0.25, -0.2) is 0 Å². The predicted molar refractivity (Wildman–Crippen MR) is 125 cm³/mol. The number of nitrogens with zero attached hydrogens (tertiary/aromatic N) is 3. The van der Waals surface area contributed by atoms with Gasteiger partial charge in [-0.15, -0.1) is 0 Å². The molecule has 2 rings (SSSR count). The fraction of sp³-hybridized carbons (Fsp3) is 0.760. The minimum atomic E-state index is 0.455. The van der Waals surface area contributed by atoms with Crippen LogP contribution < -0.4 is 0 Å². The molecule has 0 aliphatic rings. The molecule has 0 radical (unpaired) electrons. The lowest BCUT2D eigenvalue weighted by molar-refractivity contribution is 0.174. The van der Waals surface area contributed by atoms with Crippen LogP contribution in [0.15, 0.2) is 18.2 Å². The van der Waals surface area contributed by atoms with Crippen LogP contribution >= 0.6 is 0 Å². The molecule has 29 heavy (non-hydrogen) atoms. The molecule has 1 N–H and O–H groups in total. The number of hydrogen-bond acceptors (Lipinski definition) is 3. The summed E-state index contributed by atoms with van der Waals surface area (Å²) in [5.41, 5.74) is 3.34. The highest BCUT2D eigenvalue weighted by Gasteiger charge is 2.21. The summed E-state index contributed by atoms with van der Waals surface area (Å²) in [5.74, 6) is 2.08.